The van der Waals surface area contributed by atoms with Crippen molar-refractivity contribution in [2.24, 2.45) is 0 Å². The molecule has 0 aliphatic rings. The number of hydrogen-bond donors (Lipinski definition) is 3. The number of rotatable bonds is 2. The molecule has 1 aromatic heterocycles. The van der Waals surface area contributed by atoms with Crippen LogP contribution >= 0.6 is 0 Å². The number of H-pyrrole nitrogens is 1. The Morgan fingerprint density at radius 2 is 2.05 bits per heavy atom. The Hall–Kier alpha value is -2.50. The summed E-state index contributed by atoms with van der Waals surface area (Å²) in [7, 11) is 1.36. The molecule has 0 spiro atoms. The molecule has 0 fully saturated rings. The van der Waals surface area contributed by atoms with E-state index in [-0.39, 0.29) is 11.9 Å². The van der Waals surface area contributed by atoms with Crippen LogP contribution < -0.4 is 11.1 Å². The van der Waals surface area contributed by atoms with Gasteiger partial charge in [-0.25, -0.2) is 4.79 Å². The number of esters is 1. The van der Waals surface area contributed by atoms with E-state index in [4.69, 9.17) is 5.73 Å². The topological polar surface area (TPSA) is 97.2 Å². The number of carbonyl (C=O) groups is 2. The second-order valence-corrected chi connectivity index (χ2v) is 4.10. The fourth-order valence-electron chi connectivity index (χ4n) is 1.65. The van der Waals surface area contributed by atoms with Crippen molar-refractivity contribution < 1.29 is 14.3 Å². The Bertz CT molecular complexity index is 605. The zero-order valence-corrected chi connectivity index (χ0v) is 11.8. The minimum Gasteiger partial charge on any atom is -0.465 e. The number of nitrogen functional groups attached to an aromatic ring is 1. The van der Waals surface area contributed by atoms with Crippen LogP contribution in [-0.2, 0) is 9.53 Å². The Kier molecular flexibility index (Phi) is 5.58. The summed E-state index contributed by atoms with van der Waals surface area (Å²) in [5.41, 5.74) is 7.02. The first-order valence-electron chi connectivity index (χ1n) is 6.19. The van der Waals surface area contributed by atoms with E-state index in [1.165, 1.54) is 14.0 Å². The summed E-state index contributed by atoms with van der Waals surface area (Å²) in [6.07, 6.45) is 0. The first-order valence-corrected chi connectivity index (χ1v) is 6.19. The van der Waals surface area contributed by atoms with Crippen LogP contribution in [0.2, 0.25) is 0 Å². The molecule has 0 radical (unpaired) electrons. The maximum Gasteiger partial charge on any atom is 0.337 e. The number of anilines is 1. The van der Waals surface area contributed by atoms with Crippen molar-refractivity contribution in [3.8, 4) is 0 Å². The highest BCUT2D eigenvalue weighted by molar-refractivity contribution is 5.95. The number of carbonyl (C=O) groups excluding carboxylic acids is 2. The fraction of sp³-hybridized carbons (Fsp3) is 0.286. The highest BCUT2D eigenvalue weighted by atomic mass is 16.5. The summed E-state index contributed by atoms with van der Waals surface area (Å²) >= 11 is 0. The first-order chi connectivity index (χ1) is 9.47. The van der Waals surface area contributed by atoms with E-state index in [2.05, 4.69) is 15.0 Å². The highest BCUT2D eigenvalue weighted by Crippen LogP contribution is 2.18. The number of fused-ring (bicyclic) bond motifs is 1. The van der Waals surface area contributed by atoms with Gasteiger partial charge in [0, 0.05) is 24.4 Å². The molecule has 1 amide bonds. The maximum absolute atomic E-state index is 11.2. The average Bonchev–Trinajstić information content (AvgIpc) is 2.77. The van der Waals surface area contributed by atoms with Crippen LogP contribution in [0.1, 0.15) is 24.2 Å². The Balaban J connectivity index is 0.000000286. The third-order valence-electron chi connectivity index (χ3n) is 2.49. The van der Waals surface area contributed by atoms with Gasteiger partial charge in [0.05, 0.1) is 12.7 Å². The van der Waals surface area contributed by atoms with Crippen LogP contribution in [0.25, 0.3) is 10.9 Å². The van der Waals surface area contributed by atoms with E-state index in [9.17, 15) is 9.59 Å². The Labute approximate surface area is 117 Å². The molecule has 0 aliphatic carbocycles. The summed E-state index contributed by atoms with van der Waals surface area (Å²) in [5, 5.41) is 3.48. The Morgan fingerprint density at radius 3 is 2.55 bits per heavy atom. The Morgan fingerprint density at radius 1 is 1.35 bits per heavy atom. The molecule has 108 valence electrons. The van der Waals surface area contributed by atoms with Crippen LogP contribution in [0.5, 0.6) is 0 Å². The van der Waals surface area contributed by atoms with Gasteiger partial charge < -0.3 is 20.8 Å². The van der Waals surface area contributed by atoms with E-state index in [0.717, 1.165) is 17.4 Å². The number of nitrogens with two attached hydrogens (primary N) is 1. The molecule has 0 saturated heterocycles. The number of amides is 1. The molecule has 4 N–H and O–H groups in total. The lowest BCUT2D eigenvalue weighted by molar-refractivity contribution is -0.118. The molecule has 6 heteroatoms. The SMILES string of the molecule is CCNC(C)=O.COC(=O)c1ccc2[nH]c(N)cc2c1. The minimum atomic E-state index is -0.341. The molecule has 0 bridgehead atoms. The maximum atomic E-state index is 11.2. The molecule has 20 heavy (non-hydrogen) atoms. The van der Waals surface area contributed by atoms with Crippen molar-refractivity contribution >= 4 is 28.6 Å². The van der Waals surface area contributed by atoms with Crippen LogP contribution in [0.15, 0.2) is 24.3 Å². The quantitative estimate of drug-likeness (QED) is 0.727. The lowest BCUT2D eigenvalue weighted by Crippen LogP contribution is -2.18. The van der Waals surface area contributed by atoms with Gasteiger partial charge in [-0.3, -0.25) is 4.79 Å². The zero-order valence-electron chi connectivity index (χ0n) is 11.8. The van der Waals surface area contributed by atoms with Gasteiger partial charge in [-0.1, -0.05) is 0 Å². The van der Waals surface area contributed by atoms with Crippen molar-refractivity contribution in [3.63, 3.8) is 0 Å². The van der Waals surface area contributed by atoms with Gasteiger partial charge in [-0.05, 0) is 31.2 Å². The van der Waals surface area contributed by atoms with Gasteiger partial charge in [0.15, 0.2) is 0 Å². The molecular weight excluding hydrogens is 258 g/mol. The van der Waals surface area contributed by atoms with E-state index >= 15 is 0 Å². The van der Waals surface area contributed by atoms with Gasteiger partial charge in [-0.2, -0.15) is 0 Å². The number of ether oxygens (including phenoxy) is 1. The van der Waals surface area contributed by atoms with Crippen LogP contribution in [0.4, 0.5) is 5.82 Å². The average molecular weight is 277 g/mol. The zero-order chi connectivity index (χ0) is 15.1. The molecular formula is C14H19N3O3. The third kappa shape index (κ3) is 4.31. The molecule has 0 saturated carbocycles. The lowest BCUT2D eigenvalue weighted by Gasteiger charge is -1.98. The van der Waals surface area contributed by atoms with Gasteiger partial charge in [0.1, 0.15) is 5.82 Å². The number of benzene rings is 1. The first kappa shape index (κ1) is 15.6. The van der Waals surface area contributed by atoms with Crippen molar-refractivity contribution in [1.29, 1.82) is 0 Å². The van der Waals surface area contributed by atoms with Crippen LogP contribution in [0.3, 0.4) is 0 Å². The van der Waals surface area contributed by atoms with Crippen LogP contribution in [-0.4, -0.2) is 30.5 Å². The van der Waals surface area contributed by atoms with E-state index in [0.29, 0.717) is 11.4 Å². The highest BCUT2D eigenvalue weighted by Gasteiger charge is 2.06. The number of aromatic amines is 1. The number of nitrogens with one attached hydrogen (secondary N) is 2. The normalized spacial score (nSPS) is 9.55. The van der Waals surface area contributed by atoms with Gasteiger partial charge in [0.25, 0.3) is 0 Å². The van der Waals surface area contributed by atoms with Crippen molar-refractivity contribution in [2.45, 2.75) is 13.8 Å². The summed E-state index contributed by atoms with van der Waals surface area (Å²) in [4.78, 5) is 24.1. The molecule has 0 atom stereocenters. The summed E-state index contributed by atoms with van der Waals surface area (Å²) in [5.74, 6) is 0.284. The number of methoxy groups -OCH3 is 1. The van der Waals surface area contributed by atoms with Gasteiger partial charge in [0.2, 0.25) is 5.91 Å². The fourth-order valence-corrected chi connectivity index (χ4v) is 1.65. The number of aromatic nitrogens is 1. The monoisotopic (exact) mass is 277 g/mol. The van der Waals surface area contributed by atoms with E-state index in [1.54, 1.807) is 24.3 Å². The predicted octanol–water partition coefficient (Wildman–Crippen LogP) is 1.68. The van der Waals surface area contributed by atoms with Crippen molar-refractivity contribution in [2.75, 3.05) is 19.4 Å². The molecule has 1 heterocycles. The molecule has 1 aromatic carbocycles. The molecule has 6 nitrogen and oxygen atoms in total. The lowest BCUT2D eigenvalue weighted by atomic mass is 10.1. The van der Waals surface area contributed by atoms with Gasteiger partial charge >= 0.3 is 5.97 Å². The standard InChI is InChI=1S/C10H10N2O2.C4H9NO/c1-14-10(13)6-2-3-8-7(4-6)5-9(11)12-8;1-3-5-4(2)6/h2-5,12H,11H2,1H3;3H2,1-2H3,(H,5,6). The second kappa shape index (κ2) is 7.18. The number of hydrogen-bond acceptors (Lipinski definition) is 4. The third-order valence-corrected chi connectivity index (χ3v) is 2.49. The smallest absolute Gasteiger partial charge is 0.337 e. The molecule has 2 rings (SSSR count). The van der Waals surface area contributed by atoms with Crippen LogP contribution in [0, 0.1) is 0 Å². The minimum absolute atomic E-state index is 0.0394. The predicted molar refractivity (Wildman–Crippen MR) is 78.4 cm³/mol. The van der Waals surface area contributed by atoms with E-state index in [1.807, 2.05) is 6.92 Å². The van der Waals surface area contributed by atoms with E-state index < -0.39 is 0 Å². The van der Waals surface area contributed by atoms with Crippen molar-refractivity contribution in [3.05, 3.63) is 29.8 Å². The molecule has 0 aliphatic heterocycles. The summed E-state index contributed by atoms with van der Waals surface area (Å²) < 4.78 is 4.61. The molecule has 0 unspecified atom stereocenters. The molecule has 2 aromatic rings. The summed E-state index contributed by atoms with van der Waals surface area (Å²) in [6.45, 7) is 4.13. The largest absolute Gasteiger partial charge is 0.465 e. The second-order valence-electron chi connectivity index (χ2n) is 4.10. The van der Waals surface area contributed by atoms with Crippen molar-refractivity contribution in [1.82, 2.24) is 10.3 Å². The summed E-state index contributed by atoms with van der Waals surface area (Å²) in [6, 6.07) is 7.03. The van der Waals surface area contributed by atoms with Gasteiger partial charge in [-0.15, -0.1) is 0 Å².